The summed E-state index contributed by atoms with van der Waals surface area (Å²) in [5, 5.41) is 2.09. The van der Waals surface area contributed by atoms with Crippen LogP contribution in [0.1, 0.15) is 28.2 Å². The molecule has 1 aromatic carbocycles. The Morgan fingerprint density at radius 2 is 1.95 bits per heavy atom. The van der Waals surface area contributed by atoms with Crippen molar-refractivity contribution in [2.24, 2.45) is 0 Å². The lowest BCUT2D eigenvalue weighted by molar-refractivity contribution is 0.0584. The van der Waals surface area contributed by atoms with E-state index in [1.54, 1.807) is 23.5 Å². The lowest BCUT2D eigenvalue weighted by atomic mass is 10.1. The summed E-state index contributed by atoms with van der Waals surface area (Å²) in [5.41, 5.74) is 0.430. The summed E-state index contributed by atoms with van der Waals surface area (Å²) in [6, 6.07) is 10.5. The van der Waals surface area contributed by atoms with Crippen LogP contribution in [0.3, 0.4) is 0 Å². The highest BCUT2D eigenvalue weighted by Gasteiger charge is 2.25. The Bertz CT molecular complexity index is 636. The van der Waals surface area contributed by atoms with E-state index in [1.807, 2.05) is 4.90 Å². The number of benzene rings is 1. The molecule has 116 valence electrons. The first kappa shape index (κ1) is 15.2. The summed E-state index contributed by atoms with van der Waals surface area (Å²) >= 11 is 1.77. The van der Waals surface area contributed by atoms with Crippen molar-refractivity contribution in [3.63, 3.8) is 0 Å². The second-order valence-electron chi connectivity index (χ2n) is 5.53. The monoisotopic (exact) mass is 318 g/mol. The predicted octanol–water partition coefficient (Wildman–Crippen LogP) is 3.41. The third kappa shape index (κ3) is 3.20. The molecule has 1 atom stereocenters. The minimum absolute atomic E-state index is 0.0806. The van der Waals surface area contributed by atoms with Gasteiger partial charge >= 0.3 is 0 Å². The van der Waals surface area contributed by atoms with E-state index in [0.717, 1.165) is 13.1 Å². The summed E-state index contributed by atoms with van der Waals surface area (Å²) < 4.78 is 13.2. The molecule has 1 amide bonds. The topological polar surface area (TPSA) is 23.6 Å². The van der Waals surface area contributed by atoms with Crippen LogP contribution in [0.2, 0.25) is 0 Å². The molecule has 5 heteroatoms. The number of carbonyl (C=O) groups is 1. The third-order valence-electron chi connectivity index (χ3n) is 4.18. The van der Waals surface area contributed by atoms with Gasteiger partial charge in [-0.2, -0.15) is 0 Å². The van der Waals surface area contributed by atoms with E-state index in [-0.39, 0.29) is 11.7 Å². The Balaban J connectivity index is 1.61. The van der Waals surface area contributed by atoms with Crippen LogP contribution < -0.4 is 0 Å². The molecular formula is C17H19FN2OS. The minimum atomic E-state index is -0.365. The van der Waals surface area contributed by atoms with Crippen molar-refractivity contribution in [2.45, 2.75) is 13.0 Å². The summed E-state index contributed by atoms with van der Waals surface area (Å²) in [5.74, 6) is -0.446. The number of rotatable bonds is 3. The molecule has 0 radical (unpaired) electrons. The molecule has 1 aromatic heterocycles. The molecule has 2 aromatic rings. The third-order valence-corrected chi connectivity index (χ3v) is 5.22. The molecule has 0 N–H and O–H groups in total. The van der Waals surface area contributed by atoms with Crippen molar-refractivity contribution in [1.29, 1.82) is 0 Å². The van der Waals surface area contributed by atoms with Crippen LogP contribution in [0.5, 0.6) is 0 Å². The largest absolute Gasteiger partial charge is 0.336 e. The fourth-order valence-electron chi connectivity index (χ4n) is 2.83. The molecule has 3 rings (SSSR count). The van der Waals surface area contributed by atoms with Crippen LogP contribution >= 0.6 is 11.3 Å². The zero-order chi connectivity index (χ0) is 15.5. The van der Waals surface area contributed by atoms with Crippen LogP contribution in [0.15, 0.2) is 41.8 Å². The Hall–Kier alpha value is -1.72. The van der Waals surface area contributed by atoms with Gasteiger partial charge < -0.3 is 4.90 Å². The van der Waals surface area contributed by atoms with Crippen LogP contribution in [-0.2, 0) is 0 Å². The number of amides is 1. The van der Waals surface area contributed by atoms with Gasteiger partial charge in [-0.25, -0.2) is 4.39 Å². The molecule has 0 aliphatic carbocycles. The first-order valence-corrected chi connectivity index (χ1v) is 8.35. The van der Waals surface area contributed by atoms with Crippen LogP contribution in [0.25, 0.3) is 0 Å². The zero-order valence-corrected chi connectivity index (χ0v) is 13.4. The molecular weight excluding hydrogens is 299 g/mol. The summed E-state index contributed by atoms with van der Waals surface area (Å²) in [7, 11) is 0. The summed E-state index contributed by atoms with van der Waals surface area (Å²) in [6.07, 6.45) is 0. The summed E-state index contributed by atoms with van der Waals surface area (Å²) in [6.45, 7) is 5.27. The van der Waals surface area contributed by atoms with Crippen molar-refractivity contribution < 1.29 is 9.18 Å². The average molecular weight is 318 g/mol. The highest BCUT2D eigenvalue weighted by atomic mass is 32.1. The van der Waals surface area contributed by atoms with Gasteiger partial charge in [0.25, 0.3) is 5.91 Å². The van der Waals surface area contributed by atoms with E-state index in [4.69, 9.17) is 0 Å². The first-order chi connectivity index (χ1) is 10.6. The average Bonchev–Trinajstić information content (AvgIpc) is 3.08. The van der Waals surface area contributed by atoms with E-state index < -0.39 is 0 Å². The van der Waals surface area contributed by atoms with Crippen LogP contribution in [0.4, 0.5) is 4.39 Å². The molecule has 1 aliphatic rings. The van der Waals surface area contributed by atoms with E-state index >= 15 is 0 Å². The Labute approximate surface area is 134 Å². The van der Waals surface area contributed by atoms with Gasteiger partial charge in [-0.1, -0.05) is 12.1 Å². The van der Waals surface area contributed by atoms with Gasteiger partial charge in [0.1, 0.15) is 5.82 Å². The molecule has 0 spiro atoms. The number of hydrogen-bond donors (Lipinski definition) is 0. The van der Waals surface area contributed by atoms with E-state index in [9.17, 15) is 9.18 Å². The van der Waals surface area contributed by atoms with Gasteiger partial charge in [0.15, 0.2) is 0 Å². The molecule has 22 heavy (non-hydrogen) atoms. The highest BCUT2D eigenvalue weighted by Crippen LogP contribution is 2.25. The zero-order valence-electron chi connectivity index (χ0n) is 12.5. The van der Waals surface area contributed by atoms with Gasteiger partial charge in [0.2, 0.25) is 0 Å². The Morgan fingerprint density at radius 1 is 1.18 bits per heavy atom. The fourth-order valence-corrected chi connectivity index (χ4v) is 3.64. The number of thiophene rings is 1. The second kappa shape index (κ2) is 6.58. The van der Waals surface area contributed by atoms with Gasteiger partial charge in [-0.3, -0.25) is 9.69 Å². The van der Waals surface area contributed by atoms with Crippen molar-refractivity contribution in [1.82, 2.24) is 9.80 Å². The van der Waals surface area contributed by atoms with Crippen LogP contribution in [0, 0.1) is 5.82 Å². The molecule has 2 heterocycles. The van der Waals surface area contributed by atoms with Gasteiger partial charge in [-0.15, -0.1) is 11.3 Å². The summed E-state index contributed by atoms with van der Waals surface area (Å²) in [4.78, 5) is 18.0. The molecule has 1 saturated heterocycles. The molecule has 0 saturated carbocycles. The SMILES string of the molecule is CC(c1cccs1)N1CCN(C(=O)c2cccc(F)c2)CC1. The highest BCUT2D eigenvalue weighted by molar-refractivity contribution is 7.10. The van der Waals surface area contributed by atoms with E-state index in [2.05, 4.69) is 29.3 Å². The predicted molar refractivity (Wildman–Crippen MR) is 86.6 cm³/mol. The van der Waals surface area contributed by atoms with Crippen molar-refractivity contribution in [3.05, 3.63) is 58.0 Å². The normalized spacial score (nSPS) is 17.5. The number of nitrogens with zero attached hydrogens (tertiary/aromatic N) is 2. The van der Waals surface area contributed by atoms with Crippen molar-refractivity contribution >= 4 is 17.2 Å². The van der Waals surface area contributed by atoms with Gasteiger partial charge in [0, 0.05) is 42.7 Å². The molecule has 3 nitrogen and oxygen atoms in total. The van der Waals surface area contributed by atoms with E-state index in [1.165, 1.54) is 17.0 Å². The maximum atomic E-state index is 13.2. The van der Waals surface area contributed by atoms with E-state index in [0.29, 0.717) is 24.7 Å². The Morgan fingerprint density at radius 3 is 2.59 bits per heavy atom. The quantitative estimate of drug-likeness (QED) is 0.866. The van der Waals surface area contributed by atoms with Gasteiger partial charge in [0.05, 0.1) is 0 Å². The molecule has 1 unspecified atom stereocenters. The van der Waals surface area contributed by atoms with Gasteiger partial charge in [-0.05, 0) is 36.6 Å². The smallest absolute Gasteiger partial charge is 0.254 e. The maximum absolute atomic E-state index is 13.2. The Kier molecular flexibility index (Phi) is 4.55. The minimum Gasteiger partial charge on any atom is -0.336 e. The number of piperazine rings is 1. The standard InChI is InChI=1S/C17H19FN2OS/c1-13(16-6-3-11-22-16)19-7-9-20(10-8-19)17(21)14-4-2-5-15(18)12-14/h2-6,11-13H,7-10H2,1H3. The second-order valence-corrected chi connectivity index (χ2v) is 6.51. The maximum Gasteiger partial charge on any atom is 0.254 e. The van der Waals surface area contributed by atoms with Crippen LogP contribution in [-0.4, -0.2) is 41.9 Å². The fraction of sp³-hybridized carbons (Fsp3) is 0.353. The number of hydrogen-bond acceptors (Lipinski definition) is 3. The first-order valence-electron chi connectivity index (χ1n) is 7.47. The number of carbonyl (C=O) groups excluding carboxylic acids is 1. The lowest BCUT2D eigenvalue weighted by Crippen LogP contribution is -2.49. The lowest BCUT2D eigenvalue weighted by Gasteiger charge is -2.37. The van der Waals surface area contributed by atoms with Crippen molar-refractivity contribution in [3.8, 4) is 0 Å². The number of halogens is 1. The molecule has 0 bridgehead atoms. The molecule has 1 fully saturated rings. The van der Waals surface area contributed by atoms with Crippen molar-refractivity contribution in [2.75, 3.05) is 26.2 Å². The molecule has 1 aliphatic heterocycles.